The van der Waals surface area contributed by atoms with Gasteiger partial charge >= 0.3 is 0 Å². The lowest BCUT2D eigenvalue weighted by Gasteiger charge is -2.16. The zero-order chi connectivity index (χ0) is 19.4. The topological polar surface area (TPSA) is 30.0 Å². The largest absolute Gasteiger partial charge is 0.289 e. The van der Waals surface area contributed by atoms with E-state index in [0.717, 1.165) is 48.3 Å². The highest BCUT2D eigenvalue weighted by Gasteiger charge is 2.22. The Morgan fingerprint density at radius 1 is 0.893 bits per heavy atom. The third kappa shape index (κ3) is 2.62. The molecule has 0 saturated heterocycles. The second-order valence-corrected chi connectivity index (χ2v) is 8.54. The molecule has 0 saturated carbocycles. The second-order valence-electron chi connectivity index (χ2n) is 7.05. The average molecular weight is 402 g/mol. The van der Waals surface area contributed by atoms with Crippen molar-refractivity contribution in [2.75, 3.05) is 0 Å². The minimum Gasteiger partial charge on any atom is -0.289 e. The van der Waals surface area contributed by atoms with Crippen LogP contribution in [0, 0.1) is 13.8 Å². The number of nitrogens with zero attached hydrogens (tertiary/aromatic N) is 1. The molecule has 0 N–H and O–H groups in total. The molecule has 0 fully saturated rings. The van der Waals surface area contributed by atoms with Gasteiger partial charge in [0.2, 0.25) is 0 Å². The van der Waals surface area contributed by atoms with E-state index in [-0.39, 0.29) is 5.43 Å². The van der Waals surface area contributed by atoms with E-state index in [4.69, 9.17) is 16.6 Å². The molecule has 3 aromatic rings. The van der Waals surface area contributed by atoms with E-state index in [1.807, 2.05) is 61.5 Å². The number of benzene rings is 4. The van der Waals surface area contributed by atoms with Crippen LogP contribution in [0.15, 0.2) is 65.5 Å². The van der Waals surface area contributed by atoms with E-state index in [1.165, 1.54) is 0 Å². The lowest BCUT2D eigenvalue weighted by molar-refractivity contribution is 1.35. The number of hydrogen-bond acceptors (Lipinski definition) is 3. The molecule has 0 bridgehead atoms. The Morgan fingerprint density at radius 2 is 1.57 bits per heavy atom. The Morgan fingerprint density at radius 3 is 2.32 bits per heavy atom. The third-order valence-corrected chi connectivity index (χ3v) is 6.66. The van der Waals surface area contributed by atoms with Gasteiger partial charge in [0.15, 0.2) is 5.43 Å². The van der Waals surface area contributed by atoms with Crippen molar-refractivity contribution < 1.29 is 0 Å². The number of aromatic nitrogens is 1. The Bertz CT molecular complexity index is 1400. The van der Waals surface area contributed by atoms with Crippen LogP contribution in [0.25, 0.3) is 42.7 Å². The first-order valence-electron chi connectivity index (χ1n) is 9.05. The number of fused-ring (bicyclic) bond motifs is 4. The zero-order valence-corrected chi connectivity index (χ0v) is 17.0. The number of halogens is 1. The first-order chi connectivity index (χ1) is 13.5. The summed E-state index contributed by atoms with van der Waals surface area (Å²) in [5, 5.41) is 2.29. The van der Waals surface area contributed by atoms with Crippen molar-refractivity contribution in [1.29, 1.82) is 0 Å². The predicted octanol–water partition coefficient (Wildman–Crippen LogP) is 6.85. The number of rotatable bonds is 1. The standard InChI is InChI=1S/C24H16ClNOS/c1-13-11-17-18(12-14(13)2)23(27)21(15-7-9-16(25)10-8-15)24-22(17)26-19-5-3-4-6-20(19)28-24/h3-12H,1-2H3. The Kier molecular flexibility index (Phi) is 3.97. The maximum Gasteiger partial charge on any atom is 0.195 e. The summed E-state index contributed by atoms with van der Waals surface area (Å²) in [5.74, 6) is 0. The summed E-state index contributed by atoms with van der Waals surface area (Å²) >= 11 is 7.70. The normalized spacial score (nSPS) is 11.5. The molecule has 4 heteroatoms. The Balaban J connectivity index is 2.03. The van der Waals surface area contributed by atoms with Crippen LogP contribution >= 0.6 is 22.9 Å². The smallest absolute Gasteiger partial charge is 0.195 e. The van der Waals surface area contributed by atoms with Crippen molar-refractivity contribution in [3.63, 3.8) is 0 Å². The summed E-state index contributed by atoms with van der Waals surface area (Å²) in [6.07, 6.45) is 0. The van der Waals surface area contributed by atoms with Crippen molar-refractivity contribution in [3.05, 3.63) is 87.0 Å². The van der Waals surface area contributed by atoms with Crippen LogP contribution in [0.1, 0.15) is 11.1 Å². The molecule has 5 rings (SSSR count). The number of hydrogen-bond donors (Lipinski definition) is 0. The van der Waals surface area contributed by atoms with Gasteiger partial charge < -0.3 is 0 Å². The molecular weight excluding hydrogens is 386 g/mol. The molecule has 3 aromatic carbocycles. The summed E-state index contributed by atoms with van der Waals surface area (Å²) in [7, 11) is 0. The summed E-state index contributed by atoms with van der Waals surface area (Å²) in [6, 6.07) is 19.6. The van der Waals surface area contributed by atoms with E-state index in [2.05, 4.69) is 13.0 Å². The van der Waals surface area contributed by atoms with Crippen LogP contribution in [0.4, 0.5) is 0 Å². The molecule has 1 aliphatic heterocycles. The van der Waals surface area contributed by atoms with E-state index < -0.39 is 0 Å². The summed E-state index contributed by atoms with van der Waals surface area (Å²) in [5.41, 5.74) is 5.70. The molecular formula is C24H16ClNOS. The summed E-state index contributed by atoms with van der Waals surface area (Å²) in [4.78, 5) is 19.5. The van der Waals surface area contributed by atoms with E-state index in [1.54, 1.807) is 11.3 Å². The monoisotopic (exact) mass is 401 g/mol. The minimum atomic E-state index is 0.0428. The van der Waals surface area contributed by atoms with Gasteiger partial charge in [-0.15, -0.1) is 11.3 Å². The zero-order valence-electron chi connectivity index (χ0n) is 15.4. The molecule has 0 atom stereocenters. The highest BCUT2D eigenvalue weighted by molar-refractivity contribution is 7.22. The van der Waals surface area contributed by atoms with Crippen molar-refractivity contribution in [3.8, 4) is 21.7 Å². The Hall–Kier alpha value is -2.75. The molecule has 136 valence electrons. The highest BCUT2D eigenvalue weighted by atomic mass is 35.5. The fourth-order valence-electron chi connectivity index (χ4n) is 3.63. The SMILES string of the molecule is Cc1cc2c3nc4ccccc4sc-3c(-c3ccc(Cl)cc3)c(=O)c2cc1C. The van der Waals surface area contributed by atoms with Gasteiger partial charge in [0, 0.05) is 21.4 Å². The van der Waals surface area contributed by atoms with E-state index in [0.29, 0.717) is 10.6 Å². The lowest BCUT2D eigenvalue weighted by atomic mass is 9.93. The first kappa shape index (κ1) is 17.4. The van der Waals surface area contributed by atoms with Gasteiger partial charge in [-0.3, -0.25) is 4.79 Å². The molecule has 0 radical (unpaired) electrons. The molecule has 1 heterocycles. The highest BCUT2D eigenvalue weighted by Crippen LogP contribution is 2.41. The fourth-order valence-corrected chi connectivity index (χ4v) is 4.91. The van der Waals surface area contributed by atoms with Gasteiger partial charge in [0.1, 0.15) is 0 Å². The molecule has 2 aliphatic rings. The fraction of sp³-hybridized carbons (Fsp3) is 0.0833. The molecule has 2 nitrogen and oxygen atoms in total. The summed E-state index contributed by atoms with van der Waals surface area (Å²) < 4.78 is 1.06. The van der Waals surface area contributed by atoms with Crippen molar-refractivity contribution in [2.24, 2.45) is 0 Å². The van der Waals surface area contributed by atoms with Crippen LogP contribution in [0.2, 0.25) is 5.02 Å². The van der Waals surface area contributed by atoms with Gasteiger partial charge in [-0.05, 0) is 66.9 Å². The number of para-hydroxylation sites is 1. The van der Waals surface area contributed by atoms with Crippen LogP contribution in [-0.2, 0) is 0 Å². The lowest BCUT2D eigenvalue weighted by Crippen LogP contribution is -2.10. The quantitative estimate of drug-likeness (QED) is 0.227. The van der Waals surface area contributed by atoms with Gasteiger partial charge in [0.05, 0.1) is 20.8 Å². The van der Waals surface area contributed by atoms with Gasteiger partial charge in [-0.1, -0.05) is 35.9 Å². The van der Waals surface area contributed by atoms with Crippen LogP contribution in [-0.4, -0.2) is 4.98 Å². The predicted molar refractivity (Wildman–Crippen MR) is 120 cm³/mol. The van der Waals surface area contributed by atoms with Crippen LogP contribution in [0.3, 0.4) is 0 Å². The average Bonchev–Trinajstić information content (AvgIpc) is 2.70. The maximum atomic E-state index is 13.6. The second kappa shape index (κ2) is 6.40. The molecule has 0 aromatic heterocycles. The van der Waals surface area contributed by atoms with Gasteiger partial charge in [-0.2, -0.15) is 0 Å². The van der Waals surface area contributed by atoms with Crippen LogP contribution < -0.4 is 5.43 Å². The molecule has 0 spiro atoms. The van der Waals surface area contributed by atoms with E-state index in [9.17, 15) is 4.79 Å². The number of aryl methyl sites for hydroxylation is 2. The summed E-state index contributed by atoms with van der Waals surface area (Å²) in [6.45, 7) is 4.11. The van der Waals surface area contributed by atoms with Gasteiger partial charge in [-0.25, -0.2) is 4.98 Å². The molecule has 28 heavy (non-hydrogen) atoms. The van der Waals surface area contributed by atoms with Crippen LogP contribution in [0.5, 0.6) is 0 Å². The maximum absolute atomic E-state index is 13.6. The Labute approximate surface area is 171 Å². The van der Waals surface area contributed by atoms with Gasteiger partial charge in [0.25, 0.3) is 0 Å². The molecule has 1 aliphatic carbocycles. The molecule has 0 amide bonds. The van der Waals surface area contributed by atoms with Crippen molar-refractivity contribution in [1.82, 2.24) is 4.98 Å². The first-order valence-corrected chi connectivity index (χ1v) is 10.2. The minimum absolute atomic E-state index is 0.0428. The van der Waals surface area contributed by atoms with Crippen molar-refractivity contribution >= 4 is 43.9 Å². The van der Waals surface area contributed by atoms with Crippen molar-refractivity contribution in [2.45, 2.75) is 13.8 Å². The third-order valence-electron chi connectivity index (χ3n) is 5.25. The molecule has 0 unspecified atom stereocenters. The van der Waals surface area contributed by atoms with E-state index >= 15 is 0 Å².